The zero-order valence-electron chi connectivity index (χ0n) is 8.22. The van der Waals surface area contributed by atoms with Crippen molar-refractivity contribution < 1.29 is 5.11 Å². The molecule has 15 heavy (non-hydrogen) atoms. The summed E-state index contributed by atoms with van der Waals surface area (Å²) in [6, 6.07) is 19.0. The van der Waals surface area contributed by atoms with Gasteiger partial charge >= 0.3 is 0 Å². The molecule has 2 aromatic rings. The Labute approximate surface area is 89.3 Å². The molecule has 0 fully saturated rings. The second-order valence-electron chi connectivity index (χ2n) is 3.21. The van der Waals surface area contributed by atoms with Gasteiger partial charge in [-0.05, 0) is 30.3 Å². The molecule has 0 aliphatic heterocycles. The molecule has 0 saturated heterocycles. The normalized spacial score (nSPS) is 10.8. The maximum atomic E-state index is 9.78. The molecule has 2 rings (SSSR count). The molecule has 2 aromatic carbocycles. The average Bonchev–Trinajstić information content (AvgIpc) is 2.31. The molecule has 0 unspecified atom stereocenters. The van der Waals surface area contributed by atoms with Crippen LogP contribution in [0.15, 0.2) is 60.7 Å². The minimum Gasteiger partial charge on any atom is -0.486 e. The van der Waals surface area contributed by atoms with Crippen LogP contribution in [0.4, 0.5) is 0 Å². The molecule has 0 atom stereocenters. The fourth-order valence-electron chi connectivity index (χ4n) is 1.33. The van der Waals surface area contributed by atoms with Gasteiger partial charge in [-0.15, -0.1) is 0 Å². The van der Waals surface area contributed by atoms with Crippen molar-refractivity contribution in [1.29, 1.82) is 0 Å². The zero-order chi connectivity index (χ0) is 10.5. The van der Waals surface area contributed by atoms with Gasteiger partial charge in [-0.25, -0.2) is 0 Å². The summed E-state index contributed by atoms with van der Waals surface area (Å²) in [6.07, 6.45) is 2.93. The highest BCUT2D eigenvalue weighted by molar-refractivity contribution is 5.58. The van der Waals surface area contributed by atoms with E-state index in [0.29, 0.717) is 0 Å². The van der Waals surface area contributed by atoms with Gasteiger partial charge in [0.25, 0.3) is 5.76 Å². The first-order valence-electron chi connectivity index (χ1n) is 4.79. The largest absolute Gasteiger partial charge is 0.486 e. The van der Waals surface area contributed by atoms with Gasteiger partial charge in [-0.2, -0.15) is 0 Å². The van der Waals surface area contributed by atoms with E-state index in [9.17, 15) is 5.11 Å². The van der Waals surface area contributed by atoms with Crippen molar-refractivity contribution in [2.24, 2.45) is 0 Å². The van der Waals surface area contributed by atoms with Crippen LogP contribution in [0.2, 0.25) is 0 Å². The predicted octanol–water partition coefficient (Wildman–Crippen LogP) is 3.44. The Balaban J connectivity index is 2.29. The third-order valence-corrected chi connectivity index (χ3v) is 2.08. The Kier molecular flexibility index (Phi) is 2.77. The summed E-state index contributed by atoms with van der Waals surface area (Å²) in [4.78, 5) is 0. The first-order valence-corrected chi connectivity index (χ1v) is 4.79. The zero-order valence-corrected chi connectivity index (χ0v) is 8.22. The summed E-state index contributed by atoms with van der Waals surface area (Å²) in [7, 11) is 0. The molecule has 0 heterocycles. The molecule has 0 aromatic heterocycles. The minimum absolute atomic E-state index is 0.168. The molecule has 1 heteroatoms. The number of aliphatic hydroxyl groups is 1. The quantitative estimate of drug-likeness (QED) is 0.442. The first-order chi connectivity index (χ1) is 7.36. The van der Waals surface area contributed by atoms with Crippen molar-refractivity contribution in [3.8, 4) is 0 Å². The maximum Gasteiger partial charge on any atom is 0.263 e. The second-order valence-corrected chi connectivity index (χ2v) is 3.21. The van der Waals surface area contributed by atoms with E-state index in [1.165, 1.54) is 0 Å². The monoisotopic (exact) mass is 195 g/mol. The van der Waals surface area contributed by atoms with E-state index in [1.807, 2.05) is 60.7 Å². The highest BCUT2D eigenvalue weighted by Crippen LogP contribution is 2.12. The maximum absolute atomic E-state index is 9.78. The van der Waals surface area contributed by atoms with Crippen LogP contribution >= 0.6 is 0 Å². The highest BCUT2D eigenvalue weighted by atomic mass is 16.3. The molecule has 0 spiro atoms. The van der Waals surface area contributed by atoms with Gasteiger partial charge in [0.15, 0.2) is 5.56 Å². The summed E-state index contributed by atoms with van der Waals surface area (Å²) in [5, 5.41) is 9.78. The van der Waals surface area contributed by atoms with Crippen molar-refractivity contribution in [3.63, 3.8) is 0 Å². The summed E-state index contributed by atoms with van der Waals surface area (Å²) < 4.78 is 0. The van der Waals surface area contributed by atoms with Gasteiger partial charge in [0.2, 0.25) is 0 Å². The predicted molar refractivity (Wildman–Crippen MR) is 61.3 cm³/mol. The number of hydrogen-bond donors (Lipinski definition) is 1. The number of hydrogen-bond acceptors (Lipinski definition) is 1. The van der Waals surface area contributed by atoms with Crippen LogP contribution in [0.25, 0.3) is 5.76 Å². The first kappa shape index (κ1) is 9.45. The van der Waals surface area contributed by atoms with Crippen molar-refractivity contribution >= 4 is 5.76 Å². The topological polar surface area (TPSA) is 20.2 Å². The molecular formula is C14H11O+. The molecule has 0 saturated carbocycles. The van der Waals surface area contributed by atoms with Gasteiger partial charge in [-0.1, -0.05) is 18.2 Å². The van der Waals surface area contributed by atoms with E-state index in [1.54, 1.807) is 0 Å². The van der Waals surface area contributed by atoms with E-state index in [0.717, 1.165) is 11.1 Å². The summed E-state index contributed by atoms with van der Waals surface area (Å²) >= 11 is 0. The number of aliphatic hydroxyl groups excluding tert-OH is 1. The molecular weight excluding hydrogens is 184 g/mol. The molecule has 0 aliphatic carbocycles. The average molecular weight is 195 g/mol. The van der Waals surface area contributed by atoms with E-state index >= 15 is 0 Å². The Bertz CT molecular complexity index is 443. The molecule has 1 nitrogen and oxygen atoms in total. The van der Waals surface area contributed by atoms with Gasteiger partial charge < -0.3 is 5.11 Å². The van der Waals surface area contributed by atoms with E-state index in [2.05, 4.69) is 6.08 Å². The summed E-state index contributed by atoms with van der Waals surface area (Å²) in [5.41, 5.74) is 1.65. The molecule has 0 radical (unpaired) electrons. The third-order valence-electron chi connectivity index (χ3n) is 2.08. The van der Waals surface area contributed by atoms with Crippen LogP contribution in [0.1, 0.15) is 11.1 Å². The van der Waals surface area contributed by atoms with Crippen LogP contribution in [0.3, 0.4) is 0 Å². The number of benzene rings is 2. The molecule has 0 amide bonds. The van der Waals surface area contributed by atoms with Crippen LogP contribution in [-0.4, -0.2) is 5.11 Å². The third kappa shape index (κ3) is 2.43. The standard InChI is InChI=1S/C14H10O/c15-14(13-9-5-2-6-10-13)11-12-7-3-1-4-8-12/h1-10H/p+1. The Morgan fingerprint density at radius 3 is 1.93 bits per heavy atom. The van der Waals surface area contributed by atoms with Crippen LogP contribution < -0.4 is 0 Å². The Morgan fingerprint density at radius 2 is 1.33 bits per heavy atom. The van der Waals surface area contributed by atoms with Gasteiger partial charge in [0, 0.05) is 12.1 Å². The SMILES string of the molecule is OC(=[C+]c1ccccc1)c1ccccc1. The second kappa shape index (κ2) is 4.41. The Morgan fingerprint density at radius 1 is 0.800 bits per heavy atom. The van der Waals surface area contributed by atoms with Crippen molar-refractivity contribution in [3.05, 3.63) is 77.9 Å². The molecule has 0 aliphatic rings. The smallest absolute Gasteiger partial charge is 0.263 e. The van der Waals surface area contributed by atoms with E-state index < -0.39 is 0 Å². The molecule has 0 bridgehead atoms. The lowest BCUT2D eigenvalue weighted by atomic mass is 10.1. The fourth-order valence-corrected chi connectivity index (χ4v) is 1.33. The van der Waals surface area contributed by atoms with Gasteiger partial charge in [0.05, 0.1) is 11.6 Å². The minimum atomic E-state index is 0.168. The van der Waals surface area contributed by atoms with E-state index in [-0.39, 0.29) is 5.76 Å². The van der Waals surface area contributed by atoms with Crippen LogP contribution in [-0.2, 0) is 0 Å². The lowest BCUT2D eigenvalue weighted by Gasteiger charge is -1.91. The lowest BCUT2D eigenvalue weighted by Crippen LogP contribution is -1.83. The highest BCUT2D eigenvalue weighted by Gasteiger charge is 2.05. The molecule has 1 N–H and O–H groups in total. The van der Waals surface area contributed by atoms with E-state index in [4.69, 9.17) is 0 Å². The van der Waals surface area contributed by atoms with Crippen molar-refractivity contribution in [2.45, 2.75) is 0 Å². The molecule has 72 valence electrons. The van der Waals surface area contributed by atoms with Crippen LogP contribution in [0.5, 0.6) is 0 Å². The summed E-state index contributed by atoms with van der Waals surface area (Å²) in [6.45, 7) is 0. The van der Waals surface area contributed by atoms with Crippen molar-refractivity contribution in [2.75, 3.05) is 0 Å². The fraction of sp³-hybridized carbons (Fsp3) is 0. The lowest BCUT2D eigenvalue weighted by molar-refractivity contribution is 0.509. The Hall–Kier alpha value is -2.11. The van der Waals surface area contributed by atoms with Gasteiger partial charge in [-0.3, -0.25) is 0 Å². The van der Waals surface area contributed by atoms with Crippen LogP contribution in [0, 0.1) is 6.08 Å². The van der Waals surface area contributed by atoms with Gasteiger partial charge in [0.1, 0.15) is 0 Å². The van der Waals surface area contributed by atoms with Crippen molar-refractivity contribution in [1.82, 2.24) is 0 Å². The number of rotatable bonds is 2. The summed E-state index contributed by atoms with van der Waals surface area (Å²) in [5.74, 6) is 0.168.